The van der Waals surface area contributed by atoms with Crippen molar-refractivity contribution in [1.82, 2.24) is 0 Å². The summed E-state index contributed by atoms with van der Waals surface area (Å²) in [5.41, 5.74) is 0. The van der Waals surface area contributed by atoms with Gasteiger partial charge in [-0.05, 0) is 38.0 Å². The molecule has 0 bridgehead atoms. The van der Waals surface area contributed by atoms with Gasteiger partial charge in [-0.2, -0.15) is 12.8 Å². The van der Waals surface area contributed by atoms with E-state index in [1.165, 1.54) is 225 Å². The van der Waals surface area contributed by atoms with Gasteiger partial charge in [-0.25, -0.2) is 0 Å². The third-order valence-electron chi connectivity index (χ3n) is 11.5. The Hall–Kier alpha value is -0.716. The summed E-state index contributed by atoms with van der Waals surface area (Å²) >= 11 is 0.750. The number of hydrogen-bond acceptors (Lipinski definition) is 5. The minimum atomic E-state index is -0.654. The molecule has 6 nitrogen and oxygen atoms in total. The zero-order valence-corrected chi connectivity index (χ0v) is 46.1. The number of rotatable bonds is 45. The summed E-state index contributed by atoms with van der Waals surface area (Å²) < 4.78 is 8.25. The van der Waals surface area contributed by atoms with E-state index in [4.69, 9.17) is 13.5 Å². The molecule has 0 saturated heterocycles. The molecule has 0 aliphatic heterocycles. The van der Waals surface area contributed by atoms with Gasteiger partial charge >= 0.3 is 29.7 Å². The molecule has 0 aromatic rings. The van der Waals surface area contributed by atoms with Crippen LogP contribution in [0.2, 0.25) is 0 Å². The van der Waals surface area contributed by atoms with Crippen molar-refractivity contribution in [3.8, 4) is 0 Å². The Kier molecular flexibility index (Phi) is 77.8. The predicted molar refractivity (Wildman–Crippen MR) is 275 cm³/mol. The molecule has 7 heteroatoms. The zero-order chi connectivity index (χ0) is 49.0. The summed E-state index contributed by atoms with van der Waals surface area (Å²) in [6.07, 6.45) is 57.8. The monoisotopic (exact) mass is 943 g/mol. The van der Waals surface area contributed by atoms with Crippen LogP contribution in [0.1, 0.15) is 325 Å². The van der Waals surface area contributed by atoms with Gasteiger partial charge in [-0.15, -0.1) is 0 Å². The number of carboxylic acids is 1. The Morgan fingerprint density at radius 3 is 0.656 bits per heavy atom. The quantitative estimate of drug-likeness (QED) is 0.0358. The van der Waals surface area contributed by atoms with E-state index in [9.17, 15) is 14.4 Å². The first-order valence-electron chi connectivity index (χ1n) is 27.7. The number of aliphatic carboxylic acids is 1. The number of hydrogen-bond donors (Lipinski definition) is 2. The van der Waals surface area contributed by atoms with Crippen LogP contribution in [0.5, 0.6) is 0 Å². The average Bonchev–Trinajstić information content (AvgIpc) is 3.24. The average molecular weight is 943 g/mol. The van der Waals surface area contributed by atoms with Crippen molar-refractivity contribution < 1.29 is 48.3 Å². The van der Waals surface area contributed by atoms with Gasteiger partial charge in [0.25, 0.3) is 0 Å². The molecule has 0 rings (SSSR count). The topological polar surface area (TPSA) is 109 Å². The second kappa shape index (κ2) is 68.9. The van der Waals surface area contributed by atoms with E-state index in [1.807, 2.05) is 12.6 Å². The molecule has 0 aliphatic rings. The first-order chi connectivity index (χ1) is 30.9. The van der Waals surface area contributed by atoms with Gasteiger partial charge in [0.05, 0.1) is 0 Å². The van der Waals surface area contributed by atoms with E-state index in [0.717, 1.165) is 63.8 Å². The zero-order valence-electron chi connectivity index (χ0n) is 44.5. The van der Waals surface area contributed by atoms with Crippen molar-refractivity contribution in [1.29, 1.82) is 0 Å². The summed E-state index contributed by atoms with van der Waals surface area (Å²) in [5.74, 6) is 1.97. The fraction of sp³-hybridized carbons (Fsp3) is 0.947. The molecule has 0 aromatic carbocycles. The van der Waals surface area contributed by atoms with Gasteiger partial charge in [-0.3, -0.25) is 17.4 Å². The molecule has 382 valence electrons. The van der Waals surface area contributed by atoms with Crippen LogP contribution in [0.25, 0.3) is 0 Å². The molecule has 0 aromatic heterocycles. The Balaban J connectivity index is -0.000000255. The van der Waals surface area contributed by atoms with Crippen LogP contribution >= 0.6 is 0 Å². The standard InChI is InChI=1S/C18H36O2.2C18H35O.C3H8O.O.Ti/c1-17(2)15-13-11-9-7-5-3-4-6-8-10-12-14-16-18(19)20;2*1-18(2)16-14-12-10-8-6-4-3-5-7-9-11-13-15-17-19;1-3(2)4;;/h17H,3-16H2,1-2H3,(H,19,20);2*18H,3-16H2,1-2H3;3-4H,1-2H3;;/q;2*-1;;;+2. The van der Waals surface area contributed by atoms with Crippen LogP contribution in [0.15, 0.2) is 0 Å². The summed E-state index contributed by atoms with van der Waals surface area (Å²) in [6.45, 7) is 17.3. The van der Waals surface area contributed by atoms with Gasteiger partial charge in [0.15, 0.2) is 0 Å². The minimum absolute atomic E-state index is 0.167. The molecule has 0 saturated carbocycles. The van der Waals surface area contributed by atoms with Gasteiger partial charge in [0.2, 0.25) is 0 Å². The molecule has 0 unspecified atom stereocenters. The molecule has 0 amide bonds. The van der Waals surface area contributed by atoms with Crippen LogP contribution in [-0.4, -0.2) is 34.9 Å². The normalized spacial score (nSPS) is 10.7. The van der Waals surface area contributed by atoms with E-state index >= 15 is 0 Å². The summed E-state index contributed by atoms with van der Waals surface area (Å²) in [4.78, 5) is 30.4. The first-order valence-corrected chi connectivity index (χ1v) is 28.3. The Bertz CT molecular complexity index is 790. The Labute approximate surface area is 413 Å². The maximum absolute atomic E-state index is 10.3. The third-order valence-corrected chi connectivity index (χ3v) is 11.5. The molecular weight excluding hydrogens is 828 g/mol. The van der Waals surface area contributed by atoms with Crippen molar-refractivity contribution in [3.05, 3.63) is 0 Å². The SMILES string of the molecule is CC(C)CCCCCCCCCCCCCCC(=O)O.CC(C)CCCCCCCCCCCCCC[C-]=O.CC(C)CCCCCCCCCCCCCC[C-]=O.CC(C)O.[O]=[Ti+2]. The fourth-order valence-corrected chi connectivity index (χ4v) is 7.63. The predicted octanol–water partition coefficient (Wildman–Crippen LogP) is 18.9. The van der Waals surface area contributed by atoms with Crippen molar-refractivity contribution in [2.24, 2.45) is 17.8 Å². The Morgan fingerprint density at radius 2 is 0.500 bits per heavy atom. The van der Waals surface area contributed by atoms with Gasteiger partial charge in [-0.1, -0.05) is 286 Å². The van der Waals surface area contributed by atoms with Crippen LogP contribution < -0.4 is 0 Å². The molecule has 0 atom stereocenters. The van der Waals surface area contributed by atoms with Crippen LogP contribution in [0.3, 0.4) is 0 Å². The second-order valence-electron chi connectivity index (χ2n) is 20.3. The molecule has 0 spiro atoms. The molecule has 0 fully saturated rings. The number of carbonyl (C=O) groups excluding carboxylic acids is 2. The molecule has 0 aliphatic carbocycles. The second-order valence-corrected chi connectivity index (χ2v) is 20.3. The molecular formula is C57H114O6Ti. The maximum atomic E-state index is 10.3. The van der Waals surface area contributed by atoms with Crippen LogP contribution in [0, 0.1) is 17.8 Å². The van der Waals surface area contributed by atoms with Crippen molar-refractivity contribution in [2.75, 3.05) is 0 Å². The molecule has 0 radical (unpaired) electrons. The number of carboxylic acid groups (broad SMARTS) is 1. The van der Waals surface area contributed by atoms with E-state index in [-0.39, 0.29) is 6.10 Å². The summed E-state index contributed by atoms with van der Waals surface area (Å²) in [6, 6.07) is 0. The summed E-state index contributed by atoms with van der Waals surface area (Å²) in [7, 11) is 0. The van der Waals surface area contributed by atoms with Crippen molar-refractivity contribution in [3.63, 3.8) is 0 Å². The summed E-state index contributed by atoms with van der Waals surface area (Å²) in [5, 5.41) is 16.6. The van der Waals surface area contributed by atoms with Crippen LogP contribution in [-0.2, 0) is 38.1 Å². The third kappa shape index (κ3) is 95.5. The number of carbonyl (C=O) groups is 1. The van der Waals surface area contributed by atoms with Crippen LogP contribution in [0.4, 0.5) is 0 Å². The number of aliphatic hydroxyl groups excluding tert-OH is 1. The van der Waals surface area contributed by atoms with E-state index in [1.54, 1.807) is 13.8 Å². The van der Waals surface area contributed by atoms with E-state index in [2.05, 4.69) is 41.5 Å². The van der Waals surface area contributed by atoms with Crippen molar-refractivity contribution >= 4 is 18.5 Å². The van der Waals surface area contributed by atoms with Gasteiger partial charge < -0.3 is 19.8 Å². The van der Waals surface area contributed by atoms with Crippen molar-refractivity contribution in [2.45, 2.75) is 331 Å². The first kappa shape index (κ1) is 72.3. The van der Waals surface area contributed by atoms with Gasteiger partial charge in [0.1, 0.15) is 0 Å². The Morgan fingerprint density at radius 1 is 0.344 bits per heavy atom. The van der Waals surface area contributed by atoms with Gasteiger partial charge in [0, 0.05) is 12.5 Å². The molecule has 2 N–H and O–H groups in total. The molecule has 64 heavy (non-hydrogen) atoms. The molecule has 0 heterocycles. The number of aliphatic hydroxyl groups is 1. The fourth-order valence-electron chi connectivity index (χ4n) is 7.63. The van der Waals surface area contributed by atoms with E-state index < -0.39 is 5.97 Å². The number of unbranched alkanes of at least 4 members (excludes halogenated alkanes) is 35. The van der Waals surface area contributed by atoms with E-state index in [0.29, 0.717) is 19.3 Å².